The standard InChI is InChI=1S/C11H13BrO3/c1-7-5-10(13)9(12)6-8(7)3-2-4-11(14)15/h5-6,13H,2-4H2,1H3,(H,14,15). The second-order valence-electron chi connectivity index (χ2n) is 3.48. The molecule has 1 aromatic rings. The number of carboxylic acids is 1. The lowest BCUT2D eigenvalue weighted by Crippen LogP contribution is -1.97. The molecule has 0 unspecified atom stereocenters. The summed E-state index contributed by atoms with van der Waals surface area (Å²) in [7, 11) is 0. The fraction of sp³-hybridized carbons (Fsp3) is 0.364. The van der Waals surface area contributed by atoms with Gasteiger partial charge in [-0.15, -0.1) is 0 Å². The smallest absolute Gasteiger partial charge is 0.303 e. The molecule has 15 heavy (non-hydrogen) atoms. The van der Waals surface area contributed by atoms with Gasteiger partial charge < -0.3 is 10.2 Å². The second kappa shape index (κ2) is 5.16. The number of phenols is 1. The topological polar surface area (TPSA) is 57.5 Å². The van der Waals surface area contributed by atoms with Crippen molar-refractivity contribution in [2.24, 2.45) is 0 Å². The molecule has 0 amide bonds. The number of rotatable bonds is 4. The van der Waals surface area contributed by atoms with E-state index in [0.29, 0.717) is 10.9 Å². The molecule has 0 aromatic heterocycles. The van der Waals surface area contributed by atoms with Crippen molar-refractivity contribution in [3.63, 3.8) is 0 Å². The molecular formula is C11H13BrO3. The minimum Gasteiger partial charge on any atom is -0.507 e. The molecule has 1 aromatic carbocycles. The maximum absolute atomic E-state index is 10.3. The minimum atomic E-state index is -0.773. The Labute approximate surface area is 96.9 Å². The molecule has 0 saturated carbocycles. The Kier molecular flexibility index (Phi) is 4.15. The fourth-order valence-corrected chi connectivity index (χ4v) is 1.80. The van der Waals surface area contributed by atoms with Crippen LogP contribution in [0.3, 0.4) is 0 Å². The minimum absolute atomic E-state index is 0.179. The van der Waals surface area contributed by atoms with Crippen molar-refractivity contribution < 1.29 is 15.0 Å². The summed E-state index contributed by atoms with van der Waals surface area (Å²) in [6, 6.07) is 3.52. The molecule has 2 N–H and O–H groups in total. The van der Waals surface area contributed by atoms with Crippen molar-refractivity contribution in [3.8, 4) is 5.75 Å². The molecule has 0 radical (unpaired) electrons. The Morgan fingerprint density at radius 1 is 1.47 bits per heavy atom. The van der Waals surface area contributed by atoms with Gasteiger partial charge in [0, 0.05) is 6.42 Å². The van der Waals surface area contributed by atoms with Gasteiger partial charge in [0.05, 0.1) is 4.47 Å². The molecule has 0 aliphatic carbocycles. The number of hydrogen-bond donors (Lipinski definition) is 2. The van der Waals surface area contributed by atoms with E-state index < -0.39 is 5.97 Å². The average molecular weight is 273 g/mol. The van der Waals surface area contributed by atoms with Gasteiger partial charge >= 0.3 is 5.97 Å². The lowest BCUT2D eigenvalue weighted by Gasteiger charge is -2.07. The van der Waals surface area contributed by atoms with Gasteiger partial charge in [-0.05, 0) is 59.0 Å². The Bertz CT molecular complexity index is 374. The van der Waals surface area contributed by atoms with E-state index in [1.807, 2.05) is 13.0 Å². The maximum atomic E-state index is 10.3. The van der Waals surface area contributed by atoms with Gasteiger partial charge in [0.1, 0.15) is 5.75 Å². The van der Waals surface area contributed by atoms with Crippen LogP contribution in [0, 0.1) is 6.92 Å². The first-order chi connectivity index (χ1) is 7.00. The van der Waals surface area contributed by atoms with Crippen LogP contribution >= 0.6 is 15.9 Å². The summed E-state index contributed by atoms with van der Waals surface area (Å²) in [5.41, 5.74) is 2.06. The van der Waals surface area contributed by atoms with Gasteiger partial charge in [-0.2, -0.15) is 0 Å². The van der Waals surface area contributed by atoms with Crippen LogP contribution in [0.2, 0.25) is 0 Å². The van der Waals surface area contributed by atoms with E-state index in [2.05, 4.69) is 15.9 Å². The molecule has 0 spiro atoms. The third-order valence-corrected chi connectivity index (χ3v) is 2.88. The molecule has 4 heteroatoms. The van der Waals surface area contributed by atoms with E-state index in [1.165, 1.54) is 0 Å². The molecule has 0 aliphatic rings. The van der Waals surface area contributed by atoms with E-state index in [-0.39, 0.29) is 12.2 Å². The fourth-order valence-electron chi connectivity index (χ4n) is 1.41. The molecular weight excluding hydrogens is 260 g/mol. The highest BCUT2D eigenvalue weighted by molar-refractivity contribution is 9.10. The molecule has 0 heterocycles. The lowest BCUT2D eigenvalue weighted by molar-refractivity contribution is -0.137. The van der Waals surface area contributed by atoms with Crippen molar-refractivity contribution in [1.82, 2.24) is 0 Å². The normalized spacial score (nSPS) is 10.3. The number of hydrogen-bond acceptors (Lipinski definition) is 2. The third kappa shape index (κ3) is 3.55. The Morgan fingerprint density at radius 3 is 2.73 bits per heavy atom. The highest BCUT2D eigenvalue weighted by atomic mass is 79.9. The summed E-state index contributed by atoms with van der Waals surface area (Å²) in [5.74, 6) is -0.556. The van der Waals surface area contributed by atoms with E-state index in [9.17, 15) is 9.90 Å². The zero-order valence-electron chi connectivity index (χ0n) is 8.46. The Morgan fingerprint density at radius 2 is 2.13 bits per heavy atom. The maximum Gasteiger partial charge on any atom is 0.303 e. The molecule has 0 atom stereocenters. The first kappa shape index (κ1) is 12.0. The zero-order valence-corrected chi connectivity index (χ0v) is 10.0. The summed E-state index contributed by atoms with van der Waals surface area (Å²) >= 11 is 3.23. The van der Waals surface area contributed by atoms with E-state index >= 15 is 0 Å². The van der Waals surface area contributed by atoms with Crippen molar-refractivity contribution in [3.05, 3.63) is 27.7 Å². The number of phenolic OH excluding ortho intramolecular Hbond substituents is 1. The quantitative estimate of drug-likeness (QED) is 0.886. The predicted molar refractivity (Wildman–Crippen MR) is 61.1 cm³/mol. The van der Waals surface area contributed by atoms with Gasteiger partial charge in [0.15, 0.2) is 0 Å². The third-order valence-electron chi connectivity index (χ3n) is 2.24. The Hall–Kier alpha value is -1.03. The summed E-state index contributed by atoms with van der Waals surface area (Å²) in [6.45, 7) is 1.91. The van der Waals surface area contributed by atoms with Crippen LogP contribution in [0.5, 0.6) is 5.75 Å². The van der Waals surface area contributed by atoms with Crippen LogP contribution in [0.25, 0.3) is 0 Å². The first-order valence-electron chi connectivity index (χ1n) is 4.70. The number of carboxylic acid groups (broad SMARTS) is 1. The summed E-state index contributed by atoms with van der Waals surface area (Å²) in [4.78, 5) is 10.3. The molecule has 0 saturated heterocycles. The van der Waals surface area contributed by atoms with Gasteiger partial charge in [-0.25, -0.2) is 0 Å². The van der Waals surface area contributed by atoms with E-state index in [4.69, 9.17) is 5.11 Å². The summed E-state index contributed by atoms with van der Waals surface area (Å²) in [6.07, 6.45) is 1.52. The van der Waals surface area contributed by atoms with Crippen LogP contribution in [-0.2, 0) is 11.2 Å². The number of benzene rings is 1. The van der Waals surface area contributed by atoms with Crippen LogP contribution in [0.15, 0.2) is 16.6 Å². The van der Waals surface area contributed by atoms with E-state index in [1.54, 1.807) is 6.07 Å². The van der Waals surface area contributed by atoms with Crippen molar-refractivity contribution >= 4 is 21.9 Å². The second-order valence-corrected chi connectivity index (χ2v) is 4.33. The van der Waals surface area contributed by atoms with Gasteiger partial charge in [-0.1, -0.05) is 0 Å². The van der Waals surface area contributed by atoms with E-state index in [0.717, 1.165) is 17.5 Å². The van der Waals surface area contributed by atoms with Crippen molar-refractivity contribution in [2.75, 3.05) is 0 Å². The number of aryl methyl sites for hydroxylation is 2. The van der Waals surface area contributed by atoms with Crippen LogP contribution in [0.4, 0.5) is 0 Å². The SMILES string of the molecule is Cc1cc(O)c(Br)cc1CCCC(=O)O. The van der Waals surface area contributed by atoms with Crippen LogP contribution in [0.1, 0.15) is 24.0 Å². The van der Waals surface area contributed by atoms with Crippen LogP contribution < -0.4 is 0 Å². The molecule has 0 fully saturated rings. The number of aliphatic carboxylic acids is 1. The van der Waals surface area contributed by atoms with Gasteiger partial charge in [-0.3, -0.25) is 4.79 Å². The predicted octanol–water partition coefficient (Wildman–Crippen LogP) is 2.87. The molecule has 1 rings (SSSR count). The van der Waals surface area contributed by atoms with Crippen LogP contribution in [-0.4, -0.2) is 16.2 Å². The van der Waals surface area contributed by atoms with Gasteiger partial charge in [0.2, 0.25) is 0 Å². The highest BCUT2D eigenvalue weighted by Crippen LogP contribution is 2.27. The largest absolute Gasteiger partial charge is 0.507 e. The van der Waals surface area contributed by atoms with Crippen molar-refractivity contribution in [2.45, 2.75) is 26.2 Å². The lowest BCUT2D eigenvalue weighted by atomic mass is 10.0. The number of halogens is 1. The number of aromatic hydroxyl groups is 1. The monoisotopic (exact) mass is 272 g/mol. The first-order valence-corrected chi connectivity index (χ1v) is 5.50. The average Bonchev–Trinajstić information content (AvgIpc) is 2.13. The summed E-state index contributed by atoms with van der Waals surface area (Å²) in [5, 5.41) is 17.9. The van der Waals surface area contributed by atoms with Gasteiger partial charge in [0.25, 0.3) is 0 Å². The molecule has 3 nitrogen and oxygen atoms in total. The zero-order chi connectivity index (χ0) is 11.4. The molecule has 82 valence electrons. The summed E-state index contributed by atoms with van der Waals surface area (Å²) < 4.78 is 0.651. The molecule has 0 aliphatic heterocycles. The highest BCUT2D eigenvalue weighted by Gasteiger charge is 2.05. The van der Waals surface area contributed by atoms with Crippen molar-refractivity contribution in [1.29, 1.82) is 0 Å². The molecule has 0 bridgehead atoms. The Balaban J connectivity index is 2.69. The number of carbonyl (C=O) groups is 1.